The molecular weight excluding hydrogens is 284 g/mol. The molecule has 1 aliphatic carbocycles. The number of nitro groups is 1. The summed E-state index contributed by atoms with van der Waals surface area (Å²) in [6.45, 7) is 0. The van der Waals surface area contributed by atoms with Crippen LogP contribution >= 0.6 is 0 Å². The maximum atomic E-state index is 12.3. The lowest BCUT2D eigenvalue weighted by Crippen LogP contribution is -2.33. The minimum atomic E-state index is -3.89. The molecule has 0 aliphatic heterocycles. The molecule has 8 heteroatoms. The Kier molecular flexibility index (Phi) is 4.24. The van der Waals surface area contributed by atoms with Crippen LogP contribution in [0.4, 0.5) is 5.69 Å². The summed E-state index contributed by atoms with van der Waals surface area (Å²) in [6.07, 6.45) is 3.47. The first kappa shape index (κ1) is 14.7. The number of nitro benzene ring substituents is 1. The van der Waals surface area contributed by atoms with E-state index >= 15 is 0 Å². The van der Waals surface area contributed by atoms with Gasteiger partial charge in [0.15, 0.2) is 4.90 Å². The maximum absolute atomic E-state index is 12.3. The van der Waals surface area contributed by atoms with Gasteiger partial charge in [0, 0.05) is 6.04 Å². The Hall–Kier alpha value is -1.67. The van der Waals surface area contributed by atoms with Crippen LogP contribution in [0, 0.1) is 10.1 Å². The number of rotatable bonds is 5. The van der Waals surface area contributed by atoms with Gasteiger partial charge in [0.05, 0.1) is 18.1 Å². The van der Waals surface area contributed by atoms with E-state index < -0.39 is 20.6 Å². The summed E-state index contributed by atoms with van der Waals surface area (Å²) >= 11 is 0. The summed E-state index contributed by atoms with van der Waals surface area (Å²) in [5, 5.41) is 11.0. The Balaban J connectivity index is 2.37. The minimum absolute atomic E-state index is 0.137. The van der Waals surface area contributed by atoms with Crippen molar-refractivity contribution in [3.05, 3.63) is 28.3 Å². The third-order valence-corrected chi connectivity index (χ3v) is 4.90. The highest BCUT2D eigenvalue weighted by atomic mass is 32.2. The number of hydrogen-bond donors (Lipinski definition) is 1. The van der Waals surface area contributed by atoms with Crippen LogP contribution in [-0.4, -0.2) is 26.5 Å². The zero-order chi connectivity index (χ0) is 14.8. The van der Waals surface area contributed by atoms with E-state index in [0.717, 1.165) is 31.7 Å². The fourth-order valence-electron chi connectivity index (χ4n) is 2.32. The molecule has 1 aromatic rings. The smallest absolute Gasteiger partial charge is 0.293 e. The monoisotopic (exact) mass is 300 g/mol. The molecule has 110 valence electrons. The van der Waals surface area contributed by atoms with Crippen LogP contribution in [-0.2, 0) is 10.0 Å². The van der Waals surface area contributed by atoms with E-state index in [-0.39, 0.29) is 16.7 Å². The summed E-state index contributed by atoms with van der Waals surface area (Å²) in [5.74, 6) is 0.247. The van der Waals surface area contributed by atoms with Crippen LogP contribution in [0.3, 0.4) is 0 Å². The van der Waals surface area contributed by atoms with Crippen LogP contribution in [0.1, 0.15) is 25.7 Å². The minimum Gasteiger partial charge on any atom is -0.497 e. The highest BCUT2D eigenvalue weighted by molar-refractivity contribution is 7.89. The fourth-order valence-corrected chi connectivity index (χ4v) is 3.78. The zero-order valence-corrected chi connectivity index (χ0v) is 11.9. The van der Waals surface area contributed by atoms with Crippen LogP contribution in [0.25, 0.3) is 0 Å². The molecule has 0 aromatic heterocycles. The summed E-state index contributed by atoms with van der Waals surface area (Å²) in [4.78, 5) is 9.99. The largest absolute Gasteiger partial charge is 0.497 e. The standard InChI is InChI=1S/C12H16N2O5S/c1-19-10-6-7-12(11(8-10)14(15)16)20(17,18)13-9-4-2-3-5-9/h6-9,13H,2-5H2,1H3. The third-order valence-electron chi connectivity index (χ3n) is 3.33. The summed E-state index contributed by atoms with van der Waals surface area (Å²) < 4.78 is 31.9. The Morgan fingerprint density at radius 2 is 2.00 bits per heavy atom. The van der Waals surface area contributed by atoms with Crippen LogP contribution in [0.15, 0.2) is 23.1 Å². The van der Waals surface area contributed by atoms with Gasteiger partial charge in [-0.15, -0.1) is 0 Å². The van der Waals surface area contributed by atoms with Crippen molar-refractivity contribution in [2.75, 3.05) is 7.11 Å². The van der Waals surface area contributed by atoms with Gasteiger partial charge in [0.25, 0.3) is 5.69 Å². The molecule has 1 saturated carbocycles. The SMILES string of the molecule is COc1ccc(S(=O)(=O)NC2CCCC2)c([N+](=O)[O-])c1. The van der Waals surface area contributed by atoms with E-state index in [1.165, 1.54) is 19.2 Å². The van der Waals surface area contributed by atoms with Crippen molar-refractivity contribution in [3.8, 4) is 5.75 Å². The Labute approximate surface area is 117 Å². The molecule has 0 heterocycles. The highest BCUT2D eigenvalue weighted by Crippen LogP contribution is 2.29. The first-order valence-corrected chi connectivity index (χ1v) is 7.77. The number of hydrogen-bond acceptors (Lipinski definition) is 5. The molecule has 2 rings (SSSR count). The molecule has 0 saturated heterocycles. The van der Waals surface area contributed by atoms with Crippen LogP contribution < -0.4 is 9.46 Å². The Morgan fingerprint density at radius 1 is 1.35 bits per heavy atom. The number of methoxy groups -OCH3 is 1. The van der Waals surface area contributed by atoms with E-state index in [0.29, 0.717) is 0 Å². The third kappa shape index (κ3) is 3.07. The van der Waals surface area contributed by atoms with Crippen molar-refractivity contribution in [1.29, 1.82) is 0 Å². The second kappa shape index (κ2) is 5.76. The van der Waals surface area contributed by atoms with Gasteiger partial charge < -0.3 is 4.74 Å². The lowest BCUT2D eigenvalue weighted by molar-refractivity contribution is -0.387. The molecule has 0 spiro atoms. The van der Waals surface area contributed by atoms with Crippen molar-refractivity contribution in [1.82, 2.24) is 4.72 Å². The average molecular weight is 300 g/mol. The van der Waals surface area contributed by atoms with Crippen molar-refractivity contribution in [2.45, 2.75) is 36.6 Å². The van der Waals surface area contributed by atoms with E-state index in [2.05, 4.69) is 4.72 Å². The number of sulfonamides is 1. The maximum Gasteiger partial charge on any atom is 0.293 e. The van der Waals surface area contributed by atoms with Crippen LogP contribution in [0.5, 0.6) is 5.75 Å². The quantitative estimate of drug-likeness (QED) is 0.660. The molecule has 0 unspecified atom stereocenters. The molecule has 0 amide bonds. The summed E-state index contributed by atoms with van der Waals surface area (Å²) in [5.41, 5.74) is -0.477. The number of nitrogens with one attached hydrogen (secondary N) is 1. The van der Waals surface area contributed by atoms with Gasteiger partial charge in [-0.3, -0.25) is 10.1 Å². The van der Waals surface area contributed by atoms with Gasteiger partial charge in [0.1, 0.15) is 5.75 Å². The van der Waals surface area contributed by atoms with Gasteiger partial charge in [-0.2, -0.15) is 0 Å². The zero-order valence-electron chi connectivity index (χ0n) is 11.0. The first-order chi connectivity index (χ1) is 9.44. The van der Waals surface area contributed by atoms with Crippen molar-refractivity contribution >= 4 is 15.7 Å². The molecule has 1 aliphatic rings. The van der Waals surface area contributed by atoms with Crippen molar-refractivity contribution < 1.29 is 18.1 Å². The lowest BCUT2D eigenvalue weighted by Gasteiger charge is -2.13. The predicted molar refractivity (Wildman–Crippen MR) is 72.2 cm³/mol. The van der Waals surface area contributed by atoms with E-state index in [1.807, 2.05) is 0 Å². The van der Waals surface area contributed by atoms with Gasteiger partial charge in [-0.1, -0.05) is 12.8 Å². The van der Waals surface area contributed by atoms with Gasteiger partial charge >= 0.3 is 0 Å². The Morgan fingerprint density at radius 3 is 2.55 bits per heavy atom. The van der Waals surface area contributed by atoms with E-state index in [9.17, 15) is 18.5 Å². The molecule has 1 N–H and O–H groups in total. The predicted octanol–water partition coefficient (Wildman–Crippen LogP) is 1.82. The summed E-state index contributed by atoms with van der Waals surface area (Å²) in [7, 11) is -2.53. The second-order valence-corrected chi connectivity index (χ2v) is 6.38. The number of benzene rings is 1. The normalized spacial score (nSPS) is 16.2. The Bertz CT molecular complexity index is 608. The molecule has 20 heavy (non-hydrogen) atoms. The molecular formula is C12H16N2O5S. The van der Waals surface area contributed by atoms with Gasteiger partial charge in [0.2, 0.25) is 10.0 Å². The topological polar surface area (TPSA) is 98.5 Å². The highest BCUT2D eigenvalue weighted by Gasteiger charge is 2.29. The van der Waals surface area contributed by atoms with Gasteiger partial charge in [-0.25, -0.2) is 13.1 Å². The van der Waals surface area contributed by atoms with E-state index in [1.54, 1.807) is 0 Å². The van der Waals surface area contributed by atoms with E-state index in [4.69, 9.17) is 4.74 Å². The fraction of sp³-hybridized carbons (Fsp3) is 0.500. The number of ether oxygens (including phenoxy) is 1. The van der Waals surface area contributed by atoms with Crippen molar-refractivity contribution in [3.63, 3.8) is 0 Å². The second-order valence-electron chi connectivity index (χ2n) is 4.69. The molecule has 1 fully saturated rings. The number of nitrogens with zero attached hydrogens (tertiary/aromatic N) is 1. The first-order valence-electron chi connectivity index (χ1n) is 6.29. The molecule has 1 aromatic carbocycles. The molecule has 0 radical (unpaired) electrons. The average Bonchev–Trinajstić information content (AvgIpc) is 2.90. The molecule has 0 atom stereocenters. The summed E-state index contributed by atoms with van der Waals surface area (Å²) in [6, 6.07) is 3.58. The van der Waals surface area contributed by atoms with Crippen molar-refractivity contribution in [2.24, 2.45) is 0 Å². The van der Waals surface area contributed by atoms with Gasteiger partial charge in [-0.05, 0) is 25.0 Å². The molecule has 7 nitrogen and oxygen atoms in total. The van der Waals surface area contributed by atoms with Crippen LogP contribution in [0.2, 0.25) is 0 Å². The molecule has 0 bridgehead atoms. The lowest BCUT2D eigenvalue weighted by atomic mass is 10.3.